The molecular weight excluding hydrogens is 236 g/mol. The SMILES string of the molecule is Cn1cnc(CC(NC(=O)CCCN)C(=O)O)c1. The monoisotopic (exact) mass is 254 g/mol. The van der Waals surface area contributed by atoms with E-state index in [1.54, 1.807) is 24.1 Å². The van der Waals surface area contributed by atoms with Crippen LogP contribution in [-0.2, 0) is 23.1 Å². The molecule has 18 heavy (non-hydrogen) atoms. The fourth-order valence-electron chi connectivity index (χ4n) is 1.51. The zero-order chi connectivity index (χ0) is 13.5. The molecule has 0 fully saturated rings. The number of aromatic nitrogens is 2. The van der Waals surface area contributed by atoms with E-state index < -0.39 is 12.0 Å². The normalized spacial score (nSPS) is 12.1. The Morgan fingerprint density at radius 1 is 1.61 bits per heavy atom. The largest absolute Gasteiger partial charge is 0.480 e. The van der Waals surface area contributed by atoms with Crippen molar-refractivity contribution < 1.29 is 14.7 Å². The second kappa shape index (κ2) is 6.75. The van der Waals surface area contributed by atoms with Gasteiger partial charge in [-0.05, 0) is 13.0 Å². The number of carboxylic acids is 1. The van der Waals surface area contributed by atoms with E-state index in [9.17, 15) is 9.59 Å². The molecule has 0 bridgehead atoms. The maximum atomic E-state index is 11.5. The summed E-state index contributed by atoms with van der Waals surface area (Å²) >= 11 is 0. The van der Waals surface area contributed by atoms with E-state index in [0.29, 0.717) is 18.7 Å². The highest BCUT2D eigenvalue weighted by Crippen LogP contribution is 2.01. The Bertz CT molecular complexity index is 416. The van der Waals surface area contributed by atoms with Crippen LogP contribution in [-0.4, -0.2) is 39.1 Å². The number of carboxylic acid groups (broad SMARTS) is 1. The average molecular weight is 254 g/mol. The molecule has 0 aliphatic heterocycles. The Kier molecular flexibility index (Phi) is 5.31. The summed E-state index contributed by atoms with van der Waals surface area (Å²) in [7, 11) is 1.80. The molecule has 7 heteroatoms. The van der Waals surface area contributed by atoms with Crippen LogP contribution in [0, 0.1) is 0 Å². The lowest BCUT2D eigenvalue weighted by Gasteiger charge is -2.13. The number of nitrogens with two attached hydrogens (primary N) is 1. The predicted molar refractivity (Wildman–Crippen MR) is 64.8 cm³/mol. The number of amides is 1. The molecule has 0 saturated carbocycles. The van der Waals surface area contributed by atoms with Crippen molar-refractivity contribution in [3.63, 3.8) is 0 Å². The first-order chi connectivity index (χ1) is 8.52. The summed E-state index contributed by atoms with van der Waals surface area (Å²) in [5.74, 6) is -1.37. The smallest absolute Gasteiger partial charge is 0.326 e. The van der Waals surface area contributed by atoms with Crippen LogP contribution >= 0.6 is 0 Å². The molecule has 0 spiro atoms. The third kappa shape index (κ3) is 4.54. The van der Waals surface area contributed by atoms with Crippen molar-refractivity contribution in [2.75, 3.05) is 6.54 Å². The molecule has 1 rings (SSSR count). The lowest BCUT2D eigenvalue weighted by atomic mass is 10.1. The van der Waals surface area contributed by atoms with Crippen molar-refractivity contribution in [3.05, 3.63) is 18.2 Å². The molecule has 0 aromatic carbocycles. The van der Waals surface area contributed by atoms with Gasteiger partial charge in [0.25, 0.3) is 0 Å². The second-order valence-electron chi connectivity index (χ2n) is 4.09. The number of nitrogens with one attached hydrogen (secondary N) is 1. The van der Waals surface area contributed by atoms with Gasteiger partial charge in [-0.2, -0.15) is 0 Å². The van der Waals surface area contributed by atoms with Crippen LogP contribution in [0.2, 0.25) is 0 Å². The first-order valence-corrected chi connectivity index (χ1v) is 5.72. The molecule has 1 aromatic rings. The molecule has 1 atom stereocenters. The van der Waals surface area contributed by atoms with Crippen molar-refractivity contribution in [3.8, 4) is 0 Å². The third-order valence-electron chi connectivity index (χ3n) is 2.41. The lowest BCUT2D eigenvalue weighted by Crippen LogP contribution is -2.42. The topological polar surface area (TPSA) is 110 Å². The molecule has 1 aromatic heterocycles. The number of aliphatic carboxylic acids is 1. The van der Waals surface area contributed by atoms with Gasteiger partial charge in [-0.3, -0.25) is 4.79 Å². The highest BCUT2D eigenvalue weighted by molar-refractivity contribution is 5.83. The number of hydrogen-bond acceptors (Lipinski definition) is 4. The summed E-state index contributed by atoms with van der Waals surface area (Å²) < 4.78 is 1.73. The molecule has 1 unspecified atom stereocenters. The first-order valence-electron chi connectivity index (χ1n) is 5.72. The zero-order valence-corrected chi connectivity index (χ0v) is 10.3. The van der Waals surface area contributed by atoms with Gasteiger partial charge in [0.05, 0.1) is 12.0 Å². The van der Waals surface area contributed by atoms with Crippen molar-refractivity contribution >= 4 is 11.9 Å². The fourth-order valence-corrected chi connectivity index (χ4v) is 1.51. The minimum atomic E-state index is -1.07. The minimum absolute atomic E-state index is 0.171. The van der Waals surface area contributed by atoms with Crippen molar-refractivity contribution in [1.82, 2.24) is 14.9 Å². The number of nitrogens with zero attached hydrogens (tertiary/aromatic N) is 2. The molecule has 7 nitrogen and oxygen atoms in total. The standard InChI is InChI=1S/C11H18N4O3/c1-15-6-8(13-7-15)5-9(11(17)18)14-10(16)3-2-4-12/h6-7,9H,2-5,12H2,1H3,(H,14,16)(H,17,18). The summed E-state index contributed by atoms with van der Waals surface area (Å²) in [4.78, 5) is 26.5. The number of hydrogen-bond donors (Lipinski definition) is 3. The number of imidazole rings is 1. The Balaban J connectivity index is 2.55. The summed E-state index contributed by atoms with van der Waals surface area (Å²) in [5.41, 5.74) is 5.91. The quantitative estimate of drug-likeness (QED) is 0.594. The Labute approximate surface area is 105 Å². The fraction of sp³-hybridized carbons (Fsp3) is 0.545. The van der Waals surface area contributed by atoms with E-state index in [2.05, 4.69) is 10.3 Å². The van der Waals surface area contributed by atoms with Gasteiger partial charge in [0.2, 0.25) is 5.91 Å². The number of carbonyl (C=O) groups is 2. The molecule has 4 N–H and O–H groups in total. The van der Waals surface area contributed by atoms with Crippen molar-refractivity contribution in [2.24, 2.45) is 12.8 Å². The summed E-state index contributed by atoms with van der Waals surface area (Å²) in [6.07, 6.45) is 4.27. The number of rotatable bonds is 7. The van der Waals surface area contributed by atoms with E-state index in [1.807, 2.05) is 0 Å². The van der Waals surface area contributed by atoms with Crippen molar-refractivity contribution in [1.29, 1.82) is 0 Å². The van der Waals surface area contributed by atoms with Gasteiger partial charge in [0.1, 0.15) is 6.04 Å². The molecular formula is C11H18N4O3. The third-order valence-corrected chi connectivity index (χ3v) is 2.41. The van der Waals surface area contributed by atoms with E-state index in [-0.39, 0.29) is 18.7 Å². The Hall–Kier alpha value is -1.89. The molecule has 0 saturated heterocycles. The van der Waals surface area contributed by atoms with E-state index in [0.717, 1.165) is 0 Å². The highest BCUT2D eigenvalue weighted by atomic mass is 16.4. The van der Waals surface area contributed by atoms with Crippen molar-refractivity contribution in [2.45, 2.75) is 25.3 Å². The molecule has 1 heterocycles. The second-order valence-corrected chi connectivity index (χ2v) is 4.09. The van der Waals surface area contributed by atoms with Crippen LogP contribution in [0.4, 0.5) is 0 Å². The van der Waals surface area contributed by atoms with E-state index >= 15 is 0 Å². The number of carbonyl (C=O) groups excluding carboxylic acids is 1. The molecule has 1 amide bonds. The van der Waals surface area contributed by atoms with Crippen LogP contribution in [0.1, 0.15) is 18.5 Å². The van der Waals surface area contributed by atoms with Crippen LogP contribution in [0.5, 0.6) is 0 Å². The van der Waals surface area contributed by atoms with Gasteiger partial charge in [-0.25, -0.2) is 9.78 Å². The maximum absolute atomic E-state index is 11.5. The van der Waals surface area contributed by atoms with Crippen LogP contribution < -0.4 is 11.1 Å². The zero-order valence-electron chi connectivity index (χ0n) is 10.3. The molecule has 0 aliphatic rings. The Morgan fingerprint density at radius 2 is 2.33 bits per heavy atom. The minimum Gasteiger partial charge on any atom is -0.480 e. The van der Waals surface area contributed by atoms with Gasteiger partial charge in [0.15, 0.2) is 0 Å². The predicted octanol–water partition coefficient (Wildman–Crippen LogP) is -0.729. The van der Waals surface area contributed by atoms with Crippen LogP contribution in [0.15, 0.2) is 12.5 Å². The van der Waals surface area contributed by atoms with Crippen LogP contribution in [0.3, 0.4) is 0 Å². The van der Waals surface area contributed by atoms with E-state index in [4.69, 9.17) is 10.8 Å². The number of aryl methyl sites for hydroxylation is 1. The molecule has 0 radical (unpaired) electrons. The van der Waals surface area contributed by atoms with Gasteiger partial charge in [-0.15, -0.1) is 0 Å². The van der Waals surface area contributed by atoms with E-state index in [1.165, 1.54) is 0 Å². The maximum Gasteiger partial charge on any atom is 0.326 e. The van der Waals surface area contributed by atoms with Gasteiger partial charge >= 0.3 is 5.97 Å². The Morgan fingerprint density at radius 3 is 2.83 bits per heavy atom. The van der Waals surface area contributed by atoms with Gasteiger partial charge in [-0.1, -0.05) is 0 Å². The lowest BCUT2D eigenvalue weighted by molar-refractivity contribution is -0.141. The highest BCUT2D eigenvalue weighted by Gasteiger charge is 2.21. The summed E-state index contributed by atoms with van der Waals surface area (Å²) in [6.45, 7) is 0.408. The molecule has 100 valence electrons. The van der Waals surface area contributed by atoms with Crippen LogP contribution in [0.25, 0.3) is 0 Å². The molecule has 0 aliphatic carbocycles. The summed E-state index contributed by atoms with van der Waals surface area (Å²) in [6, 6.07) is -0.954. The van der Waals surface area contributed by atoms with Gasteiger partial charge in [0, 0.05) is 26.1 Å². The van der Waals surface area contributed by atoms with Gasteiger partial charge < -0.3 is 20.7 Å². The average Bonchev–Trinajstić information content (AvgIpc) is 2.71. The summed E-state index contributed by atoms with van der Waals surface area (Å²) in [5, 5.41) is 11.5. The first kappa shape index (κ1) is 14.2.